The first-order chi connectivity index (χ1) is 7.60. The highest BCUT2D eigenvalue weighted by Gasteiger charge is 2.49. The summed E-state index contributed by atoms with van der Waals surface area (Å²) in [6, 6.07) is 4.60. The Kier molecular flexibility index (Phi) is 1.86. The van der Waals surface area contributed by atoms with Gasteiger partial charge in [0, 0.05) is 12.2 Å². The summed E-state index contributed by atoms with van der Waals surface area (Å²) in [4.78, 5) is 13.7. The predicted molar refractivity (Wildman–Crippen MR) is 58.6 cm³/mol. The van der Waals surface area contributed by atoms with Crippen molar-refractivity contribution in [2.75, 3.05) is 11.4 Å². The minimum absolute atomic E-state index is 0.0585. The second-order valence-corrected chi connectivity index (χ2v) is 4.64. The fourth-order valence-corrected chi connectivity index (χ4v) is 2.18. The largest absolute Gasteiger partial charge is 0.317 e. The zero-order valence-electron chi connectivity index (χ0n) is 8.87. The van der Waals surface area contributed by atoms with Gasteiger partial charge >= 0.3 is 0 Å². The maximum Gasteiger partial charge on any atom is 0.247 e. The van der Waals surface area contributed by atoms with Crippen LogP contribution in [0.3, 0.4) is 0 Å². The van der Waals surface area contributed by atoms with Crippen molar-refractivity contribution in [2.24, 2.45) is 5.73 Å². The smallest absolute Gasteiger partial charge is 0.247 e. The van der Waals surface area contributed by atoms with Crippen LogP contribution in [0.25, 0.3) is 0 Å². The summed E-state index contributed by atoms with van der Waals surface area (Å²) in [5.74, 6) is -0.364. The molecule has 1 saturated carbocycles. The summed E-state index contributed by atoms with van der Waals surface area (Å²) in [6.07, 6.45) is 2.28. The van der Waals surface area contributed by atoms with Crippen molar-refractivity contribution >= 4 is 11.6 Å². The van der Waals surface area contributed by atoms with E-state index in [0.29, 0.717) is 12.2 Å². The standard InChI is InChI=1S/C12H13FN2O/c13-9-2-1-8-3-6-15(10(8)7-9)11(16)12(14)4-5-12/h1-2,7H,3-6,14H2. The number of anilines is 1. The molecule has 0 bridgehead atoms. The predicted octanol–water partition coefficient (Wildman–Crippen LogP) is 1.21. The van der Waals surface area contributed by atoms with Crippen molar-refractivity contribution < 1.29 is 9.18 Å². The van der Waals surface area contributed by atoms with E-state index in [4.69, 9.17) is 5.73 Å². The van der Waals surface area contributed by atoms with Gasteiger partial charge in [-0.3, -0.25) is 4.79 Å². The third-order valence-electron chi connectivity index (χ3n) is 3.40. The molecule has 1 aliphatic carbocycles. The Hall–Kier alpha value is -1.42. The van der Waals surface area contributed by atoms with Gasteiger partial charge in [-0.15, -0.1) is 0 Å². The monoisotopic (exact) mass is 220 g/mol. The van der Waals surface area contributed by atoms with Gasteiger partial charge < -0.3 is 10.6 Å². The fourth-order valence-electron chi connectivity index (χ4n) is 2.18. The lowest BCUT2D eigenvalue weighted by Crippen LogP contribution is -2.45. The molecule has 1 amide bonds. The van der Waals surface area contributed by atoms with Crippen molar-refractivity contribution in [3.05, 3.63) is 29.6 Å². The first kappa shape index (κ1) is 9.78. The second-order valence-electron chi connectivity index (χ2n) is 4.64. The fraction of sp³-hybridized carbons (Fsp3) is 0.417. The van der Waals surface area contributed by atoms with Crippen LogP contribution in [0.4, 0.5) is 10.1 Å². The minimum atomic E-state index is -0.673. The number of fused-ring (bicyclic) bond motifs is 1. The van der Waals surface area contributed by atoms with Gasteiger partial charge in [-0.1, -0.05) is 6.07 Å². The summed E-state index contributed by atoms with van der Waals surface area (Å²) >= 11 is 0. The second kappa shape index (κ2) is 3.04. The van der Waals surface area contributed by atoms with E-state index in [1.807, 2.05) is 0 Å². The van der Waals surface area contributed by atoms with Gasteiger partial charge in [0.15, 0.2) is 0 Å². The molecule has 1 aliphatic heterocycles. The van der Waals surface area contributed by atoms with Crippen LogP contribution in [-0.4, -0.2) is 18.0 Å². The van der Waals surface area contributed by atoms with Crippen molar-refractivity contribution in [1.29, 1.82) is 0 Å². The third kappa shape index (κ3) is 1.33. The molecule has 1 aromatic rings. The Labute approximate surface area is 93.0 Å². The highest BCUT2D eigenvalue weighted by molar-refractivity contribution is 6.03. The van der Waals surface area contributed by atoms with Crippen LogP contribution in [0.5, 0.6) is 0 Å². The number of rotatable bonds is 1. The molecule has 0 aromatic heterocycles. The highest BCUT2D eigenvalue weighted by Crippen LogP contribution is 2.38. The Balaban J connectivity index is 1.96. The zero-order valence-corrected chi connectivity index (χ0v) is 8.87. The van der Waals surface area contributed by atoms with Gasteiger partial charge in [-0.25, -0.2) is 4.39 Å². The van der Waals surface area contributed by atoms with Gasteiger partial charge in [0.2, 0.25) is 5.91 Å². The van der Waals surface area contributed by atoms with Crippen LogP contribution in [0.2, 0.25) is 0 Å². The molecule has 1 aromatic carbocycles. The molecule has 2 aliphatic rings. The molecular weight excluding hydrogens is 207 g/mol. The number of halogens is 1. The van der Waals surface area contributed by atoms with E-state index < -0.39 is 5.54 Å². The number of carbonyl (C=O) groups excluding carboxylic acids is 1. The minimum Gasteiger partial charge on any atom is -0.317 e. The average molecular weight is 220 g/mol. The van der Waals surface area contributed by atoms with Crippen LogP contribution in [0, 0.1) is 5.82 Å². The van der Waals surface area contributed by atoms with E-state index in [9.17, 15) is 9.18 Å². The highest BCUT2D eigenvalue weighted by atomic mass is 19.1. The average Bonchev–Trinajstić information content (AvgIpc) is 2.89. The Morgan fingerprint density at radius 3 is 2.88 bits per heavy atom. The first-order valence-corrected chi connectivity index (χ1v) is 5.49. The molecule has 0 atom stereocenters. The lowest BCUT2D eigenvalue weighted by atomic mass is 10.1. The number of carbonyl (C=O) groups is 1. The molecule has 3 rings (SSSR count). The summed E-state index contributed by atoms with van der Waals surface area (Å²) in [5.41, 5.74) is 6.93. The van der Waals surface area contributed by atoms with Gasteiger partial charge in [0.05, 0.1) is 5.54 Å². The molecule has 84 valence electrons. The number of hydrogen-bond donors (Lipinski definition) is 1. The molecule has 0 unspecified atom stereocenters. The molecule has 1 fully saturated rings. The Morgan fingerprint density at radius 1 is 1.44 bits per heavy atom. The first-order valence-electron chi connectivity index (χ1n) is 5.49. The SMILES string of the molecule is NC1(C(=O)N2CCc3ccc(F)cc32)CC1. The Bertz CT molecular complexity index is 468. The lowest BCUT2D eigenvalue weighted by Gasteiger charge is -2.21. The quantitative estimate of drug-likeness (QED) is 0.773. The molecule has 3 nitrogen and oxygen atoms in total. The van der Waals surface area contributed by atoms with Crippen molar-refractivity contribution in [3.63, 3.8) is 0 Å². The molecule has 0 radical (unpaired) electrons. The van der Waals surface area contributed by atoms with Crippen LogP contribution in [0.1, 0.15) is 18.4 Å². The van der Waals surface area contributed by atoms with Crippen molar-refractivity contribution in [2.45, 2.75) is 24.8 Å². The number of amides is 1. The third-order valence-corrected chi connectivity index (χ3v) is 3.40. The van der Waals surface area contributed by atoms with Gasteiger partial charge in [0.25, 0.3) is 0 Å². The normalized spacial score (nSPS) is 20.8. The van der Waals surface area contributed by atoms with Gasteiger partial charge in [0.1, 0.15) is 5.82 Å². The van der Waals surface area contributed by atoms with Crippen LogP contribution >= 0.6 is 0 Å². The van der Waals surface area contributed by atoms with Crippen LogP contribution in [0.15, 0.2) is 18.2 Å². The molecule has 0 spiro atoms. The number of nitrogens with two attached hydrogens (primary N) is 1. The molecule has 16 heavy (non-hydrogen) atoms. The molecule has 0 saturated heterocycles. The summed E-state index contributed by atoms with van der Waals surface area (Å²) in [6.45, 7) is 0.622. The van der Waals surface area contributed by atoms with Crippen LogP contribution < -0.4 is 10.6 Å². The number of nitrogens with zero attached hydrogens (tertiary/aromatic N) is 1. The van der Waals surface area contributed by atoms with Crippen LogP contribution in [-0.2, 0) is 11.2 Å². The van der Waals surface area contributed by atoms with E-state index in [1.165, 1.54) is 12.1 Å². The summed E-state index contributed by atoms with van der Waals surface area (Å²) in [7, 11) is 0. The van der Waals surface area contributed by atoms with E-state index in [0.717, 1.165) is 24.8 Å². The molecule has 4 heteroatoms. The maximum absolute atomic E-state index is 13.1. The lowest BCUT2D eigenvalue weighted by molar-refractivity contribution is -0.120. The number of hydrogen-bond acceptors (Lipinski definition) is 2. The molecule has 2 N–H and O–H groups in total. The van der Waals surface area contributed by atoms with Crippen molar-refractivity contribution in [1.82, 2.24) is 0 Å². The van der Waals surface area contributed by atoms with Crippen molar-refractivity contribution in [3.8, 4) is 0 Å². The summed E-state index contributed by atoms with van der Waals surface area (Å²) in [5, 5.41) is 0. The topological polar surface area (TPSA) is 46.3 Å². The summed E-state index contributed by atoms with van der Waals surface area (Å²) < 4.78 is 13.1. The van der Waals surface area contributed by atoms with E-state index >= 15 is 0 Å². The van der Waals surface area contributed by atoms with Gasteiger partial charge in [-0.2, -0.15) is 0 Å². The van der Waals surface area contributed by atoms with E-state index in [-0.39, 0.29) is 11.7 Å². The van der Waals surface area contributed by atoms with Gasteiger partial charge in [-0.05, 0) is 37.0 Å². The van der Waals surface area contributed by atoms with E-state index in [1.54, 1.807) is 11.0 Å². The maximum atomic E-state index is 13.1. The van der Waals surface area contributed by atoms with E-state index in [2.05, 4.69) is 0 Å². The number of benzene rings is 1. The molecule has 1 heterocycles. The zero-order chi connectivity index (χ0) is 11.3. The molecular formula is C12H13FN2O. The Morgan fingerprint density at radius 2 is 2.19 bits per heavy atom.